The van der Waals surface area contributed by atoms with Gasteiger partial charge >= 0.3 is 0 Å². The fourth-order valence-electron chi connectivity index (χ4n) is 7.03. The first-order chi connectivity index (χ1) is 26.2. The average Bonchev–Trinajstić information content (AvgIpc) is 3.60. The van der Waals surface area contributed by atoms with Gasteiger partial charge in [-0.05, 0) is 61.5 Å². The molecule has 0 aromatic heterocycles. The third-order valence-corrected chi connectivity index (χ3v) is 9.88. The second-order valence-electron chi connectivity index (χ2n) is 13.8. The number of likely N-dealkylation sites (N-methyl/N-ethyl adjacent to an activating group) is 1. The van der Waals surface area contributed by atoms with Gasteiger partial charge in [-0.1, -0.05) is 91.0 Å². The smallest absolute Gasteiger partial charge is 0.247 e. The van der Waals surface area contributed by atoms with E-state index >= 15 is 0 Å². The quantitative estimate of drug-likeness (QED) is 0.215. The Morgan fingerprint density at radius 3 is 2.13 bits per heavy atom. The molecule has 11 nitrogen and oxygen atoms in total. The molecule has 2 aliphatic heterocycles. The number of rotatable bonds is 11. The van der Waals surface area contributed by atoms with Crippen molar-refractivity contribution in [3.8, 4) is 11.5 Å². The number of nitrogens with one attached hydrogen (secondary N) is 3. The van der Waals surface area contributed by atoms with Crippen molar-refractivity contribution in [2.24, 2.45) is 0 Å². The van der Waals surface area contributed by atoms with Crippen LogP contribution in [-0.2, 0) is 38.4 Å². The van der Waals surface area contributed by atoms with Crippen LogP contribution >= 0.6 is 0 Å². The molecule has 0 spiro atoms. The lowest BCUT2D eigenvalue weighted by atomic mass is 10.0. The van der Waals surface area contributed by atoms with Crippen molar-refractivity contribution in [3.05, 3.63) is 138 Å². The molecule has 4 aromatic carbocycles. The van der Waals surface area contributed by atoms with Crippen LogP contribution in [-0.4, -0.2) is 91.4 Å². The molecular weight excluding hydrogens is 683 g/mol. The summed E-state index contributed by atoms with van der Waals surface area (Å²) in [5, 5.41) is 8.83. The minimum atomic E-state index is -1.10. The number of hydrogen-bond acceptors (Lipinski definition) is 7. The molecule has 0 unspecified atom stereocenters. The van der Waals surface area contributed by atoms with Crippen molar-refractivity contribution >= 4 is 29.7 Å². The van der Waals surface area contributed by atoms with E-state index in [4.69, 9.17) is 9.47 Å². The van der Waals surface area contributed by atoms with Gasteiger partial charge in [0.05, 0.1) is 13.2 Å². The molecule has 6 rings (SSSR count). The Kier molecular flexibility index (Phi) is 12.4. The molecule has 3 N–H and O–H groups in total. The molecule has 2 bridgehead atoms. The molecule has 2 heterocycles. The second-order valence-corrected chi connectivity index (χ2v) is 13.8. The van der Waals surface area contributed by atoms with Gasteiger partial charge in [-0.2, -0.15) is 0 Å². The van der Waals surface area contributed by atoms with E-state index in [0.29, 0.717) is 29.9 Å². The summed E-state index contributed by atoms with van der Waals surface area (Å²) in [6.07, 6.45) is 3.69. The lowest BCUT2D eigenvalue weighted by Gasteiger charge is -2.33. The van der Waals surface area contributed by atoms with Crippen LogP contribution in [0.1, 0.15) is 28.7 Å². The molecule has 0 aliphatic carbocycles. The zero-order valence-corrected chi connectivity index (χ0v) is 30.8. The largest absolute Gasteiger partial charge is 0.496 e. The standard InChI is InChI=1S/C43H47N5O6/c1-47(2)36(27-31-17-11-6-12-18-31)41(50)46-35(26-30-15-9-5-10-16-30)43(52)48-24-22-38-39(48)42(51)45-34(25-29-13-7-4-8-14-29)40(49)44-23-21-32-28-33(54-38)19-20-37(32)53-3/h4-21,23,28,34-36,38-39H,22,24-27H2,1-3H3,(H,44,49)(H,45,51)(H,46,50)/b23-21-/t34-,35-,36-,38-,39+/m0/s1. The minimum absolute atomic E-state index is 0.197. The van der Waals surface area contributed by atoms with Crippen molar-refractivity contribution in [1.29, 1.82) is 0 Å². The first-order valence-electron chi connectivity index (χ1n) is 18.2. The van der Waals surface area contributed by atoms with Crippen LogP contribution < -0.4 is 25.4 Å². The predicted molar refractivity (Wildman–Crippen MR) is 206 cm³/mol. The van der Waals surface area contributed by atoms with Gasteiger partial charge in [0, 0.05) is 37.6 Å². The van der Waals surface area contributed by atoms with Gasteiger partial charge in [0.25, 0.3) is 0 Å². The molecule has 11 heteroatoms. The normalized spacial score (nSPS) is 20.1. The van der Waals surface area contributed by atoms with Crippen LogP contribution in [0.2, 0.25) is 0 Å². The summed E-state index contributed by atoms with van der Waals surface area (Å²) in [7, 11) is 5.23. The van der Waals surface area contributed by atoms with Crippen LogP contribution in [0.3, 0.4) is 0 Å². The number of methoxy groups -OCH3 is 1. The molecule has 1 fully saturated rings. The molecule has 280 valence electrons. The molecule has 5 atom stereocenters. The number of likely N-dealkylation sites (tertiary alicyclic amines) is 1. The zero-order valence-electron chi connectivity index (χ0n) is 30.8. The van der Waals surface area contributed by atoms with Crippen LogP contribution in [0.25, 0.3) is 6.08 Å². The summed E-state index contributed by atoms with van der Waals surface area (Å²) < 4.78 is 12.0. The summed E-state index contributed by atoms with van der Waals surface area (Å²) in [6, 6.07) is 30.3. The lowest BCUT2D eigenvalue weighted by molar-refractivity contribution is -0.144. The van der Waals surface area contributed by atoms with Gasteiger partial charge in [-0.15, -0.1) is 0 Å². The first-order valence-corrected chi connectivity index (χ1v) is 18.2. The van der Waals surface area contributed by atoms with E-state index in [1.54, 1.807) is 31.4 Å². The minimum Gasteiger partial charge on any atom is -0.496 e. The van der Waals surface area contributed by atoms with Gasteiger partial charge in [0.2, 0.25) is 23.6 Å². The van der Waals surface area contributed by atoms with Gasteiger partial charge in [-0.25, -0.2) is 0 Å². The molecule has 1 saturated heterocycles. The maximum absolute atomic E-state index is 14.8. The van der Waals surface area contributed by atoms with Crippen molar-refractivity contribution in [3.63, 3.8) is 0 Å². The number of benzene rings is 4. The summed E-state index contributed by atoms with van der Waals surface area (Å²) in [6.45, 7) is 0.197. The number of carbonyl (C=O) groups is 4. The number of nitrogens with zero attached hydrogens (tertiary/aromatic N) is 2. The summed E-state index contributed by atoms with van der Waals surface area (Å²) in [4.78, 5) is 60.4. The number of hydrogen-bond donors (Lipinski definition) is 3. The first kappa shape index (κ1) is 37.8. The van der Waals surface area contributed by atoms with E-state index in [0.717, 1.165) is 16.7 Å². The molecule has 2 aliphatic rings. The fourth-order valence-corrected chi connectivity index (χ4v) is 7.03. The SMILES string of the molecule is COc1ccc2cc1/C=C\NC(=O)[C@H](Cc1ccccc1)NC(=O)[C@H]1[C@H](CCN1C(=O)[C@H](Cc1ccccc1)NC(=O)[C@H](Cc1ccccc1)N(C)C)O2. The van der Waals surface area contributed by atoms with E-state index in [1.165, 1.54) is 11.1 Å². The topological polar surface area (TPSA) is 129 Å². The fraction of sp³-hybridized carbons (Fsp3) is 0.302. The van der Waals surface area contributed by atoms with Crippen LogP contribution in [0.15, 0.2) is 115 Å². The average molecular weight is 730 g/mol. The van der Waals surface area contributed by atoms with Gasteiger partial charge in [-0.3, -0.25) is 24.1 Å². The third-order valence-electron chi connectivity index (χ3n) is 9.88. The summed E-state index contributed by atoms with van der Waals surface area (Å²) >= 11 is 0. The van der Waals surface area contributed by atoms with E-state index in [-0.39, 0.29) is 25.3 Å². The van der Waals surface area contributed by atoms with Crippen molar-refractivity contribution in [2.45, 2.75) is 56.0 Å². The van der Waals surface area contributed by atoms with Crippen LogP contribution in [0.4, 0.5) is 0 Å². The predicted octanol–water partition coefficient (Wildman–Crippen LogP) is 3.77. The van der Waals surface area contributed by atoms with E-state index in [9.17, 15) is 19.2 Å². The number of carbonyl (C=O) groups excluding carboxylic acids is 4. The molecular formula is C43H47N5O6. The zero-order chi connectivity index (χ0) is 38.0. The van der Waals surface area contributed by atoms with Gasteiger partial charge < -0.3 is 30.3 Å². The maximum atomic E-state index is 14.8. The Morgan fingerprint density at radius 1 is 0.870 bits per heavy atom. The Morgan fingerprint density at radius 2 is 1.50 bits per heavy atom. The molecule has 54 heavy (non-hydrogen) atoms. The highest BCUT2D eigenvalue weighted by molar-refractivity contribution is 5.96. The van der Waals surface area contributed by atoms with E-state index < -0.39 is 48.0 Å². The Bertz CT molecular complexity index is 1940. The van der Waals surface area contributed by atoms with Crippen molar-refractivity contribution < 1.29 is 28.7 Å². The third kappa shape index (κ3) is 9.34. The Labute approximate surface area is 316 Å². The monoisotopic (exact) mass is 729 g/mol. The van der Waals surface area contributed by atoms with E-state index in [1.807, 2.05) is 110 Å². The summed E-state index contributed by atoms with van der Waals surface area (Å²) in [5.41, 5.74) is 3.35. The highest BCUT2D eigenvalue weighted by atomic mass is 16.5. The number of amides is 4. The lowest BCUT2D eigenvalue weighted by Crippen LogP contribution is -2.60. The van der Waals surface area contributed by atoms with E-state index in [2.05, 4.69) is 16.0 Å². The van der Waals surface area contributed by atoms with Gasteiger partial charge in [0.15, 0.2) is 0 Å². The molecule has 0 radical (unpaired) electrons. The highest BCUT2D eigenvalue weighted by Crippen LogP contribution is 2.30. The number of ether oxygens (including phenoxy) is 2. The summed E-state index contributed by atoms with van der Waals surface area (Å²) in [5.74, 6) is -0.626. The Balaban J connectivity index is 1.33. The van der Waals surface area contributed by atoms with Gasteiger partial charge in [0.1, 0.15) is 35.7 Å². The van der Waals surface area contributed by atoms with Crippen LogP contribution in [0, 0.1) is 0 Å². The molecule has 4 aromatic rings. The molecule has 4 amide bonds. The molecule has 0 saturated carbocycles. The van der Waals surface area contributed by atoms with Crippen LogP contribution in [0.5, 0.6) is 11.5 Å². The Hall–Kier alpha value is -5.94. The van der Waals surface area contributed by atoms with Crippen molar-refractivity contribution in [1.82, 2.24) is 25.8 Å². The number of fused-ring (bicyclic) bond motifs is 3. The second kappa shape index (κ2) is 17.7. The highest BCUT2D eigenvalue weighted by Gasteiger charge is 2.46. The maximum Gasteiger partial charge on any atom is 0.247 e. The van der Waals surface area contributed by atoms with Crippen molar-refractivity contribution in [2.75, 3.05) is 27.7 Å².